The zero-order valence-electron chi connectivity index (χ0n) is 13.0. The molecule has 0 unspecified atom stereocenters. The lowest BCUT2D eigenvalue weighted by molar-refractivity contribution is -0.121. The second-order valence-electron chi connectivity index (χ2n) is 5.04. The maximum Gasteiger partial charge on any atom is 0.226 e. The van der Waals surface area contributed by atoms with Gasteiger partial charge in [0.1, 0.15) is 0 Å². The average Bonchev–Trinajstić information content (AvgIpc) is 3.01. The number of nitrogens with one attached hydrogen (secondary N) is 1. The third kappa shape index (κ3) is 5.65. The highest BCUT2D eigenvalue weighted by Gasteiger charge is 2.11. The van der Waals surface area contributed by atoms with Crippen molar-refractivity contribution in [2.45, 2.75) is 25.7 Å². The minimum absolute atomic E-state index is 0.0203. The highest BCUT2D eigenvalue weighted by Crippen LogP contribution is 2.25. The summed E-state index contributed by atoms with van der Waals surface area (Å²) in [4.78, 5) is 15.9. The van der Waals surface area contributed by atoms with Gasteiger partial charge in [-0.3, -0.25) is 4.79 Å². The number of carbonyl (C=O) groups is 1. The van der Waals surface area contributed by atoms with E-state index in [1.165, 1.54) is 0 Å². The molecule has 0 aliphatic rings. The first kappa shape index (κ1) is 17.4. The second kappa shape index (κ2) is 9.27. The van der Waals surface area contributed by atoms with Crippen molar-refractivity contribution in [2.75, 3.05) is 20.3 Å². The normalized spacial score (nSPS) is 10.7. The lowest BCUT2D eigenvalue weighted by atomic mass is 10.2. The Morgan fingerprint density at radius 1 is 1.35 bits per heavy atom. The van der Waals surface area contributed by atoms with Crippen LogP contribution < -0.4 is 5.32 Å². The van der Waals surface area contributed by atoms with Crippen molar-refractivity contribution in [3.63, 3.8) is 0 Å². The number of aryl methyl sites for hydroxylation is 1. The maximum absolute atomic E-state index is 11.6. The summed E-state index contributed by atoms with van der Waals surface area (Å²) in [6.07, 6.45) is 2.45. The van der Waals surface area contributed by atoms with Crippen LogP contribution in [0, 0.1) is 0 Å². The fraction of sp³-hybridized carbons (Fsp3) is 0.438. The summed E-state index contributed by atoms with van der Waals surface area (Å²) in [6, 6.07) is 7.33. The van der Waals surface area contributed by atoms with Gasteiger partial charge in [0.25, 0.3) is 0 Å². The molecule has 124 valence electrons. The molecule has 23 heavy (non-hydrogen) atoms. The Hall–Kier alpha value is -1.92. The first-order valence-corrected chi connectivity index (χ1v) is 7.91. The highest BCUT2D eigenvalue weighted by atomic mass is 35.5. The molecule has 0 bridgehead atoms. The molecule has 0 radical (unpaired) electrons. The van der Waals surface area contributed by atoms with Crippen LogP contribution >= 0.6 is 11.6 Å². The molecular weight excluding hydrogens is 318 g/mol. The number of hydrogen-bond donors (Lipinski definition) is 1. The van der Waals surface area contributed by atoms with E-state index in [2.05, 4.69) is 15.5 Å². The number of ether oxygens (including phenoxy) is 1. The highest BCUT2D eigenvalue weighted by molar-refractivity contribution is 6.33. The van der Waals surface area contributed by atoms with Crippen molar-refractivity contribution in [1.82, 2.24) is 15.5 Å². The number of halogens is 1. The summed E-state index contributed by atoms with van der Waals surface area (Å²) >= 11 is 6.10. The predicted octanol–water partition coefficient (Wildman–Crippen LogP) is 2.87. The van der Waals surface area contributed by atoms with Gasteiger partial charge in [0, 0.05) is 38.7 Å². The molecule has 0 saturated heterocycles. The van der Waals surface area contributed by atoms with E-state index in [0.29, 0.717) is 49.2 Å². The number of benzene rings is 1. The number of hydrogen-bond acceptors (Lipinski definition) is 5. The Morgan fingerprint density at radius 2 is 2.17 bits per heavy atom. The van der Waals surface area contributed by atoms with E-state index >= 15 is 0 Å². The van der Waals surface area contributed by atoms with Crippen LogP contribution in [-0.4, -0.2) is 36.3 Å². The molecule has 0 fully saturated rings. The molecule has 0 saturated carbocycles. The van der Waals surface area contributed by atoms with Gasteiger partial charge in [0.15, 0.2) is 0 Å². The molecule has 0 aliphatic carbocycles. The van der Waals surface area contributed by atoms with Gasteiger partial charge in [0.05, 0.1) is 5.02 Å². The number of aromatic nitrogens is 2. The third-order valence-corrected chi connectivity index (χ3v) is 3.55. The Labute approximate surface area is 140 Å². The monoisotopic (exact) mass is 337 g/mol. The van der Waals surface area contributed by atoms with Gasteiger partial charge in [-0.2, -0.15) is 4.98 Å². The fourth-order valence-electron chi connectivity index (χ4n) is 2.04. The van der Waals surface area contributed by atoms with Crippen LogP contribution in [-0.2, 0) is 16.0 Å². The fourth-order valence-corrected chi connectivity index (χ4v) is 2.26. The van der Waals surface area contributed by atoms with Crippen LogP contribution in [0.25, 0.3) is 11.4 Å². The summed E-state index contributed by atoms with van der Waals surface area (Å²) in [5, 5.41) is 7.35. The largest absolute Gasteiger partial charge is 0.385 e. The van der Waals surface area contributed by atoms with Crippen molar-refractivity contribution < 1.29 is 14.1 Å². The molecule has 1 N–H and O–H groups in total. The first-order chi connectivity index (χ1) is 11.2. The van der Waals surface area contributed by atoms with Crippen molar-refractivity contribution in [3.05, 3.63) is 35.2 Å². The Morgan fingerprint density at radius 3 is 2.96 bits per heavy atom. The van der Waals surface area contributed by atoms with Crippen LogP contribution in [0.4, 0.5) is 0 Å². The van der Waals surface area contributed by atoms with Crippen LogP contribution in [0.15, 0.2) is 28.8 Å². The van der Waals surface area contributed by atoms with Gasteiger partial charge < -0.3 is 14.6 Å². The van der Waals surface area contributed by atoms with Crippen molar-refractivity contribution in [2.24, 2.45) is 0 Å². The Kier molecular flexibility index (Phi) is 7.03. The number of methoxy groups -OCH3 is 1. The third-order valence-electron chi connectivity index (χ3n) is 3.22. The van der Waals surface area contributed by atoms with Gasteiger partial charge in [-0.25, -0.2) is 0 Å². The topological polar surface area (TPSA) is 77.2 Å². The average molecular weight is 338 g/mol. The van der Waals surface area contributed by atoms with E-state index in [0.717, 1.165) is 12.0 Å². The summed E-state index contributed by atoms with van der Waals surface area (Å²) in [5.74, 6) is 0.994. The molecule has 0 spiro atoms. The van der Waals surface area contributed by atoms with Crippen LogP contribution in [0.3, 0.4) is 0 Å². The zero-order chi connectivity index (χ0) is 16.5. The molecule has 1 amide bonds. The van der Waals surface area contributed by atoms with Crippen molar-refractivity contribution >= 4 is 17.5 Å². The molecular formula is C16H20ClN3O3. The lowest BCUT2D eigenvalue weighted by Crippen LogP contribution is -2.24. The summed E-state index contributed by atoms with van der Waals surface area (Å²) in [5.41, 5.74) is 0.736. The molecule has 0 aliphatic heterocycles. The SMILES string of the molecule is COCCCNC(=O)CCCc1nc(-c2ccccc2Cl)no1. The summed E-state index contributed by atoms with van der Waals surface area (Å²) in [6.45, 7) is 1.27. The van der Waals surface area contributed by atoms with Gasteiger partial charge >= 0.3 is 0 Å². The minimum Gasteiger partial charge on any atom is -0.385 e. The summed E-state index contributed by atoms with van der Waals surface area (Å²) in [7, 11) is 1.64. The molecule has 2 aromatic rings. The number of amides is 1. The standard InChI is InChI=1S/C16H20ClN3O3/c1-22-11-5-10-18-14(21)8-4-9-15-19-16(20-23-15)12-6-2-3-7-13(12)17/h2-3,6-7H,4-5,8-11H2,1H3,(H,18,21). The predicted molar refractivity (Wildman–Crippen MR) is 87.2 cm³/mol. The Balaban J connectivity index is 1.75. The van der Waals surface area contributed by atoms with Crippen molar-refractivity contribution in [3.8, 4) is 11.4 Å². The van der Waals surface area contributed by atoms with Gasteiger partial charge in [-0.1, -0.05) is 28.9 Å². The van der Waals surface area contributed by atoms with Crippen molar-refractivity contribution in [1.29, 1.82) is 0 Å². The number of nitrogens with zero attached hydrogens (tertiary/aromatic N) is 2. The maximum atomic E-state index is 11.6. The van der Waals surface area contributed by atoms with Crippen LogP contribution in [0.2, 0.25) is 5.02 Å². The molecule has 7 heteroatoms. The first-order valence-electron chi connectivity index (χ1n) is 7.54. The molecule has 1 heterocycles. The van der Waals surface area contributed by atoms with E-state index in [9.17, 15) is 4.79 Å². The van der Waals surface area contributed by atoms with Gasteiger partial charge in [-0.15, -0.1) is 0 Å². The zero-order valence-corrected chi connectivity index (χ0v) is 13.8. The molecule has 1 aromatic heterocycles. The van der Waals surface area contributed by atoms with Crippen LogP contribution in [0.5, 0.6) is 0 Å². The second-order valence-corrected chi connectivity index (χ2v) is 5.45. The van der Waals surface area contributed by atoms with E-state index in [-0.39, 0.29) is 5.91 Å². The van der Waals surface area contributed by atoms with E-state index in [4.69, 9.17) is 20.9 Å². The van der Waals surface area contributed by atoms with E-state index in [1.807, 2.05) is 18.2 Å². The van der Waals surface area contributed by atoms with Crippen LogP contribution in [0.1, 0.15) is 25.2 Å². The molecule has 6 nitrogen and oxygen atoms in total. The van der Waals surface area contributed by atoms with E-state index in [1.54, 1.807) is 13.2 Å². The molecule has 2 rings (SSSR count). The summed E-state index contributed by atoms with van der Waals surface area (Å²) < 4.78 is 10.1. The lowest BCUT2D eigenvalue weighted by Gasteiger charge is -2.03. The number of rotatable bonds is 9. The van der Waals surface area contributed by atoms with Gasteiger partial charge in [0.2, 0.25) is 17.6 Å². The van der Waals surface area contributed by atoms with Gasteiger partial charge in [-0.05, 0) is 25.0 Å². The number of carbonyl (C=O) groups excluding carboxylic acids is 1. The molecule has 0 atom stereocenters. The van der Waals surface area contributed by atoms with E-state index < -0.39 is 0 Å². The quantitative estimate of drug-likeness (QED) is 0.712. The smallest absolute Gasteiger partial charge is 0.226 e. The Bertz CT molecular complexity index is 631. The minimum atomic E-state index is 0.0203. The molecule has 1 aromatic carbocycles.